The van der Waals surface area contributed by atoms with Crippen molar-refractivity contribution in [1.29, 1.82) is 0 Å². The molecular formula is C17H16O. The van der Waals surface area contributed by atoms with Crippen LogP contribution in [0.1, 0.15) is 34.3 Å². The Bertz CT molecular complexity index is 598. The molecule has 90 valence electrons. The zero-order valence-electron chi connectivity index (χ0n) is 10.4. The molecule has 0 heterocycles. The number of rotatable bonds is 1. The van der Waals surface area contributed by atoms with Gasteiger partial charge in [-0.3, -0.25) is 0 Å². The van der Waals surface area contributed by atoms with E-state index in [-0.39, 0.29) is 5.92 Å². The second kappa shape index (κ2) is 4.43. The van der Waals surface area contributed by atoms with Crippen LogP contribution >= 0.6 is 0 Å². The van der Waals surface area contributed by atoms with Gasteiger partial charge in [-0.05, 0) is 29.2 Å². The maximum atomic E-state index is 10.5. The molecule has 1 aliphatic rings. The van der Waals surface area contributed by atoms with Gasteiger partial charge in [0.2, 0.25) is 0 Å². The van der Waals surface area contributed by atoms with E-state index in [1.54, 1.807) is 0 Å². The molecule has 18 heavy (non-hydrogen) atoms. The highest BCUT2D eigenvalue weighted by Crippen LogP contribution is 2.39. The molecule has 0 aromatic heterocycles. The van der Waals surface area contributed by atoms with Crippen LogP contribution in [0, 0.1) is 6.92 Å². The van der Waals surface area contributed by atoms with E-state index in [0.717, 1.165) is 11.1 Å². The third-order valence-corrected chi connectivity index (χ3v) is 3.69. The molecule has 1 heteroatoms. The summed E-state index contributed by atoms with van der Waals surface area (Å²) in [4.78, 5) is 0. The minimum Gasteiger partial charge on any atom is -0.387 e. The van der Waals surface area contributed by atoms with Gasteiger partial charge in [-0.15, -0.1) is 0 Å². The SMILES string of the molecule is Cc1ccccc1C1C=Cc2ccccc2C1O. The fraction of sp³-hybridized carbons (Fsp3) is 0.176. The summed E-state index contributed by atoms with van der Waals surface area (Å²) in [6, 6.07) is 16.3. The summed E-state index contributed by atoms with van der Waals surface area (Å²) in [5, 5.41) is 10.5. The van der Waals surface area contributed by atoms with Gasteiger partial charge in [0.15, 0.2) is 0 Å². The second-order valence-electron chi connectivity index (χ2n) is 4.82. The molecule has 2 aromatic carbocycles. The van der Waals surface area contributed by atoms with E-state index >= 15 is 0 Å². The molecule has 0 aliphatic heterocycles. The Morgan fingerprint density at radius 3 is 2.33 bits per heavy atom. The summed E-state index contributed by atoms with van der Waals surface area (Å²) in [5.41, 5.74) is 4.57. The van der Waals surface area contributed by atoms with Gasteiger partial charge in [0, 0.05) is 5.92 Å². The third kappa shape index (κ3) is 1.77. The molecule has 0 spiro atoms. The summed E-state index contributed by atoms with van der Waals surface area (Å²) in [6.45, 7) is 2.09. The minimum atomic E-state index is -0.452. The van der Waals surface area contributed by atoms with E-state index in [2.05, 4.69) is 31.2 Å². The number of benzene rings is 2. The quantitative estimate of drug-likeness (QED) is 0.797. The van der Waals surface area contributed by atoms with Crippen LogP contribution in [0.25, 0.3) is 6.08 Å². The lowest BCUT2D eigenvalue weighted by Gasteiger charge is -2.27. The van der Waals surface area contributed by atoms with E-state index in [0.29, 0.717) is 0 Å². The Kier molecular flexibility index (Phi) is 2.77. The molecule has 2 aromatic rings. The lowest BCUT2D eigenvalue weighted by Crippen LogP contribution is -2.14. The lowest BCUT2D eigenvalue weighted by molar-refractivity contribution is 0.160. The van der Waals surface area contributed by atoms with Crippen molar-refractivity contribution in [3.63, 3.8) is 0 Å². The van der Waals surface area contributed by atoms with E-state index in [9.17, 15) is 5.11 Å². The largest absolute Gasteiger partial charge is 0.387 e. The smallest absolute Gasteiger partial charge is 0.0899 e. The normalized spacial score (nSPS) is 21.7. The first kappa shape index (κ1) is 11.2. The Morgan fingerprint density at radius 1 is 0.889 bits per heavy atom. The summed E-state index contributed by atoms with van der Waals surface area (Å²) >= 11 is 0. The molecule has 0 amide bonds. The average molecular weight is 236 g/mol. The van der Waals surface area contributed by atoms with Crippen LogP contribution in [-0.4, -0.2) is 5.11 Å². The summed E-state index contributed by atoms with van der Waals surface area (Å²) in [6.07, 6.45) is 3.77. The Balaban J connectivity index is 2.06. The van der Waals surface area contributed by atoms with Crippen LogP contribution in [-0.2, 0) is 0 Å². The molecule has 1 N–H and O–H groups in total. The number of aliphatic hydroxyl groups is 1. The Hall–Kier alpha value is -1.86. The van der Waals surface area contributed by atoms with Crippen molar-refractivity contribution in [2.75, 3.05) is 0 Å². The van der Waals surface area contributed by atoms with E-state index in [1.807, 2.05) is 36.4 Å². The molecule has 0 fully saturated rings. The lowest BCUT2D eigenvalue weighted by atomic mass is 9.81. The molecule has 1 nitrogen and oxygen atoms in total. The number of aryl methyl sites for hydroxylation is 1. The molecule has 1 aliphatic carbocycles. The maximum absolute atomic E-state index is 10.5. The molecule has 0 saturated heterocycles. The standard InChI is InChI=1S/C17H16O/c1-12-6-2-4-8-14(12)16-11-10-13-7-3-5-9-15(13)17(16)18/h2-11,16-18H,1H3. The second-order valence-corrected chi connectivity index (χ2v) is 4.82. The number of hydrogen-bond acceptors (Lipinski definition) is 1. The van der Waals surface area contributed by atoms with Crippen LogP contribution < -0.4 is 0 Å². The van der Waals surface area contributed by atoms with Crippen molar-refractivity contribution in [3.05, 3.63) is 76.9 Å². The molecule has 2 atom stereocenters. The highest BCUT2D eigenvalue weighted by Gasteiger charge is 2.25. The minimum absolute atomic E-state index is 0.0566. The maximum Gasteiger partial charge on any atom is 0.0899 e. The Morgan fingerprint density at radius 2 is 1.56 bits per heavy atom. The third-order valence-electron chi connectivity index (χ3n) is 3.69. The zero-order valence-corrected chi connectivity index (χ0v) is 10.4. The monoisotopic (exact) mass is 236 g/mol. The van der Waals surface area contributed by atoms with Crippen LogP contribution in [0.5, 0.6) is 0 Å². The highest BCUT2D eigenvalue weighted by molar-refractivity contribution is 5.60. The summed E-state index contributed by atoms with van der Waals surface area (Å²) in [5.74, 6) is 0.0566. The highest BCUT2D eigenvalue weighted by atomic mass is 16.3. The first-order valence-corrected chi connectivity index (χ1v) is 6.28. The van der Waals surface area contributed by atoms with Gasteiger partial charge in [0.1, 0.15) is 0 Å². The van der Waals surface area contributed by atoms with Gasteiger partial charge in [-0.1, -0.05) is 60.7 Å². The first-order chi connectivity index (χ1) is 8.77. The first-order valence-electron chi connectivity index (χ1n) is 6.28. The summed E-state index contributed by atoms with van der Waals surface area (Å²) in [7, 11) is 0. The van der Waals surface area contributed by atoms with Crippen molar-refractivity contribution in [1.82, 2.24) is 0 Å². The van der Waals surface area contributed by atoms with Crippen molar-refractivity contribution >= 4 is 6.08 Å². The topological polar surface area (TPSA) is 20.2 Å². The van der Waals surface area contributed by atoms with Gasteiger partial charge < -0.3 is 5.11 Å². The van der Waals surface area contributed by atoms with Gasteiger partial charge in [0.05, 0.1) is 6.10 Å². The van der Waals surface area contributed by atoms with E-state index in [4.69, 9.17) is 0 Å². The number of aliphatic hydroxyl groups excluding tert-OH is 1. The van der Waals surface area contributed by atoms with Gasteiger partial charge in [-0.2, -0.15) is 0 Å². The van der Waals surface area contributed by atoms with Crippen molar-refractivity contribution in [2.24, 2.45) is 0 Å². The molecular weight excluding hydrogens is 220 g/mol. The fourth-order valence-electron chi connectivity index (χ4n) is 2.67. The van der Waals surface area contributed by atoms with Gasteiger partial charge in [-0.25, -0.2) is 0 Å². The predicted octanol–water partition coefficient (Wildman–Crippen LogP) is 3.84. The van der Waals surface area contributed by atoms with Crippen LogP contribution in [0.2, 0.25) is 0 Å². The molecule has 3 rings (SSSR count). The average Bonchev–Trinajstić information content (AvgIpc) is 2.41. The zero-order chi connectivity index (χ0) is 12.5. The van der Waals surface area contributed by atoms with Crippen LogP contribution in [0.15, 0.2) is 54.6 Å². The molecule has 2 unspecified atom stereocenters. The van der Waals surface area contributed by atoms with Crippen molar-refractivity contribution < 1.29 is 5.11 Å². The van der Waals surface area contributed by atoms with Crippen molar-refractivity contribution in [2.45, 2.75) is 18.9 Å². The fourth-order valence-corrected chi connectivity index (χ4v) is 2.67. The van der Waals surface area contributed by atoms with Crippen LogP contribution in [0.4, 0.5) is 0 Å². The summed E-state index contributed by atoms with van der Waals surface area (Å²) < 4.78 is 0. The molecule has 0 radical (unpaired) electrons. The molecule has 0 bridgehead atoms. The van der Waals surface area contributed by atoms with E-state index < -0.39 is 6.10 Å². The van der Waals surface area contributed by atoms with Crippen LogP contribution in [0.3, 0.4) is 0 Å². The predicted molar refractivity (Wildman–Crippen MR) is 74.4 cm³/mol. The van der Waals surface area contributed by atoms with Gasteiger partial charge in [0.25, 0.3) is 0 Å². The Labute approximate surface area is 107 Å². The number of hydrogen-bond donors (Lipinski definition) is 1. The van der Waals surface area contributed by atoms with Gasteiger partial charge >= 0.3 is 0 Å². The van der Waals surface area contributed by atoms with Crippen molar-refractivity contribution in [3.8, 4) is 0 Å². The molecule has 0 saturated carbocycles. The van der Waals surface area contributed by atoms with E-state index in [1.165, 1.54) is 11.1 Å². The number of fused-ring (bicyclic) bond motifs is 1.